The maximum atomic E-state index is 13.3. The minimum absolute atomic E-state index is 0.0430. The first-order valence-electron chi connectivity index (χ1n) is 10.4. The molecule has 0 aliphatic heterocycles. The maximum absolute atomic E-state index is 13.3. The van der Waals surface area contributed by atoms with Crippen LogP contribution in [0.4, 0.5) is 11.4 Å². The van der Waals surface area contributed by atoms with Crippen molar-refractivity contribution in [1.82, 2.24) is 4.90 Å². The largest absolute Gasteiger partial charge is 0.497 e. The summed E-state index contributed by atoms with van der Waals surface area (Å²) in [7, 11) is 3.38. The molecule has 31 heavy (non-hydrogen) atoms. The van der Waals surface area contributed by atoms with Gasteiger partial charge in [-0.15, -0.1) is 0 Å². The molecule has 0 unspecified atom stereocenters. The molecule has 0 radical (unpaired) electrons. The van der Waals surface area contributed by atoms with Gasteiger partial charge in [0.2, 0.25) is 11.8 Å². The van der Waals surface area contributed by atoms with E-state index in [0.29, 0.717) is 12.2 Å². The first-order chi connectivity index (χ1) is 14.9. The molecule has 0 aliphatic carbocycles. The number of amides is 2. The monoisotopic (exact) mass is 419 g/mol. The van der Waals surface area contributed by atoms with Gasteiger partial charge in [0.25, 0.3) is 0 Å². The number of carbonyl (C=O) groups excluding carboxylic acids is 2. The lowest BCUT2D eigenvalue weighted by Gasteiger charge is -2.30. The topological polar surface area (TPSA) is 61.9 Å². The van der Waals surface area contributed by atoms with Crippen molar-refractivity contribution in [3.8, 4) is 5.75 Å². The smallest absolute Gasteiger partial charge is 0.244 e. The Morgan fingerprint density at radius 1 is 1.00 bits per heavy atom. The van der Waals surface area contributed by atoms with Crippen LogP contribution < -0.4 is 15.0 Å². The van der Waals surface area contributed by atoms with Crippen LogP contribution in [-0.4, -0.2) is 50.0 Å². The first-order valence-corrected chi connectivity index (χ1v) is 10.4. The second kappa shape index (κ2) is 10.1. The molecule has 1 N–H and O–H groups in total. The summed E-state index contributed by atoms with van der Waals surface area (Å²) in [6, 6.07) is 20.7. The maximum Gasteiger partial charge on any atom is 0.244 e. The average Bonchev–Trinajstić information content (AvgIpc) is 2.79. The van der Waals surface area contributed by atoms with Gasteiger partial charge in [0.1, 0.15) is 5.75 Å². The zero-order chi connectivity index (χ0) is 22.4. The van der Waals surface area contributed by atoms with Gasteiger partial charge in [0, 0.05) is 17.6 Å². The second-order valence-corrected chi connectivity index (χ2v) is 7.45. The fraction of sp³-hybridized carbons (Fsp3) is 0.280. The number of nitrogens with one attached hydrogen (secondary N) is 1. The molecule has 0 aliphatic rings. The molecule has 0 bridgehead atoms. The molecule has 0 heterocycles. The van der Waals surface area contributed by atoms with E-state index in [1.165, 1.54) is 0 Å². The van der Waals surface area contributed by atoms with Crippen LogP contribution in [0.25, 0.3) is 10.8 Å². The SMILES string of the molecule is CCN(C(=O)[C@@H](C)N(C)CC(=O)Nc1ccc(OC)cc1)c1cccc2ccccc12. The predicted molar refractivity (Wildman–Crippen MR) is 126 cm³/mol. The Morgan fingerprint density at radius 2 is 1.68 bits per heavy atom. The molecule has 0 saturated heterocycles. The number of ether oxygens (including phenoxy) is 1. The summed E-state index contributed by atoms with van der Waals surface area (Å²) in [4.78, 5) is 29.3. The van der Waals surface area contributed by atoms with Crippen molar-refractivity contribution in [3.05, 3.63) is 66.7 Å². The van der Waals surface area contributed by atoms with Crippen molar-refractivity contribution in [1.29, 1.82) is 0 Å². The van der Waals surface area contributed by atoms with Crippen molar-refractivity contribution in [2.45, 2.75) is 19.9 Å². The molecular formula is C25H29N3O3. The highest BCUT2D eigenvalue weighted by molar-refractivity contribution is 6.05. The van der Waals surface area contributed by atoms with Crippen molar-refractivity contribution < 1.29 is 14.3 Å². The third-order valence-electron chi connectivity index (χ3n) is 5.43. The Hall–Kier alpha value is -3.38. The molecule has 0 saturated carbocycles. The van der Waals surface area contributed by atoms with Crippen LogP contribution in [0.15, 0.2) is 66.7 Å². The fourth-order valence-electron chi connectivity index (χ4n) is 3.54. The van der Waals surface area contributed by atoms with Crippen LogP contribution in [0.5, 0.6) is 5.75 Å². The first kappa shape index (κ1) is 22.3. The Balaban J connectivity index is 1.68. The number of hydrogen-bond donors (Lipinski definition) is 1. The molecule has 6 heteroatoms. The van der Waals surface area contributed by atoms with E-state index in [1.54, 1.807) is 48.2 Å². The molecule has 3 rings (SSSR count). The summed E-state index contributed by atoms with van der Waals surface area (Å²) < 4.78 is 5.13. The summed E-state index contributed by atoms with van der Waals surface area (Å²) >= 11 is 0. The fourth-order valence-corrected chi connectivity index (χ4v) is 3.54. The molecule has 3 aromatic rings. The zero-order valence-electron chi connectivity index (χ0n) is 18.5. The molecule has 6 nitrogen and oxygen atoms in total. The van der Waals surface area contributed by atoms with E-state index in [4.69, 9.17) is 4.74 Å². The van der Waals surface area contributed by atoms with Gasteiger partial charge in [-0.2, -0.15) is 0 Å². The number of likely N-dealkylation sites (N-methyl/N-ethyl adjacent to an activating group) is 2. The van der Waals surface area contributed by atoms with Crippen LogP contribution in [0.3, 0.4) is 0 Å². The van der Waals surface area contributed by atoms with Gasteiger partial charge >= 0.3 is 0 Å². The third-order valence-corrected chi connectivity index (χ3v) is 5.43. The van der Waals surface area contributed by atoms with E-state index < -0.39 is 6.04 Å². The standard InChI is InChI=1S/C25H29N3O3/c1-5-28(23-12-8-10-19-9-6-7-11-22(19)23)25(30)18(2)27(3)17-24(29)26-20-13-15-21(31-4)16-14-20/h6-16,18H,5,17H2,1-4H3,(H,26,29)/t18-/m1/s1. The molecular weight excluding hydrogens is 390 g/mol. The Labute approximate surface area is 183 Å². The number of carbonyl (C=O) groups is 2. The summed E-state index contributed by atoms with van der Waals surface area (Å²) in [5.74, 6) is 0.501. The number of rotatable bonds is 8. The quantitative estimate of drug-likeness (QED) is 0.596. The van der Waals surface area contributed by atoms with Crippen LogP contribution >= 0.6 is 0 Å². The molecule has 2 amide bonds. The zero-order valence-corrected chi connectivity index (χ0v) is 18.5. The highest BCUT2D eigenvalue weighted by Gasteiger charge is 2.26. The number of methoxy groups -OCH3 is 1. The third kappa shape index (κ3) is 5.22. The average molecular weight is 420 g/mol. The molecule has 1 atom stereocenters. The van der Waals surface area contributed by atoms with Gasteiger partial charge in [-0.1, -0.05) is 36.4 Å². The van der Waals surface area contributed by atoms with E-state index in [9.17, 15) is 9.59 Å². The van der Waals surface area contributed by atoms with Gasteiger partial charge in [0.05, 0.1) is 25.4 Å². The highest BCUT2D eigenvalue weighted by Crippen LogP contribution is 2.27. The minimum Gasteiger partial charge on any atom is -0.497 e. The Morgan fingerprint density at radius 3 is 2.35 bits per heavy atom. The van der Waals surface area contributed by atoms with Crippen molar-refractivity contribution in [2.24, 2.45) is 0 Å². The lowest BCUT2D eigenvalue weighted by molar-refractivity contribution is -0.124. The van der Waals surface area contributed by atoms with E-state index in [2.05, 4.69) is 5.32 Å². The summed E-state index contributed by atoms with van der Waals surface area (Å²) in [5.41, 5.74) is 1.57. The van der Waals surface area contributed by atoms with Gasteiger partial charge < -0.3 is 15.0 Å². The lowest BCUT2D eigenvalue weighted by Crippen LogP contribution is -2.48. The van der Waals surface area contributed by atoms with Crippen LogP contribution in [0.1, 0.15) is 13.8 Å². The number of fused-ring (bicyclic) bond motifs is 1. The van der Waals surface area contributed by atoms with Gasteiger partial charge in [-0.05, 0) is 56.6 Å². The van der Waals surface area contributed by atoms with Crippen molar-refractivity contribution >= 4 is 34.0 Å². The summed E-state index contributed by atoms with van der Waals surface area (Å²) in [6.07, 6.45) is 0. The van der Waals surface area contributed by atoms with Crippen molar-refractivity contribution in [3.63, 3.8) is 0 Å². The molecule has 0 spiro atoms. The highest BCUT2D eigenvalue weighted by atomic mass is 16.5. The normalized spacial score (nSPS) is 11.9. The van der Waals surface area contributed by atoms with Crippen LogP contribution in [0.2, 0.25) is 0 Å². The van der Waals surface area contributed by atoms with Crippen LogP contribution in [0, 0.1) is 0 Å². The lowest BCUT2D eigenvalue weighted by atomic mass is 10.1. The van der Waals surface area contributed by atoms with Crippen molar-refractivity contribution in [2.75, 3.05) is 37.5 Å². The van der Waals surface area contributed by atoms with E-state index in [-0.39, 0.29) is 18.4 Å². The van der Waals surface area contributed by atoms with Gasteiger partial charge in [-0.25, -0.2) is 0 Å². The molecule has 162 valence electrons. The molecule has 0 fully saturated rings. The van der Waals surface area contributed by atoms with Crippen LogP contribution in [-0.2, 0) is 9.59 Å². The van der Waals surface area contributed by atoms with Gasteiger partial charge in [-0.3, -0.25) is 14.5 Å². The van der Waals surface area contributed by atoms with E-state index in [1.807, 2.05) is 56.3 Å². The number of anilines is 2. The van der Waals surface area contributed by atoms with Gasteiger partial charge in [0.15, 0.2) is 0 Å². The van der Waals surface area contributed by atoms with E-state index in [0.717, 1.165) is 22.2 Å². The Bertz CT molecular complexity index is 1040. The number of benzene rings is 3. The summed E-state index contributed by atoms with van der Waals surface area (Å²) in [6.45, 7) is 4.44. The molecule has 0 aromatic heterocycles. The number of nitrogens with zero attached hydrogens (tertiary/aromatic N) is 2. The minimum atomic E-state index is -0.458. The number of hydrogen-bond acceptors (Lipinski definition) is 4. The predicted octanol–water partition coefficient (Wildman–Crippen LogP) is 4.16. The summed E-state index contributed by atoms with van der Waals surface area (Å²) in [5, 5.41) is 4.98. The molecule has 3 aromatic carbocycles. The Kier molecular flexibility index (Phi) is 7.26. The van der Waals surface area contributed by atoms with E-state index >= 15 is 0 Å². The second-order valence-electron chi connectivity index (χ2n) is 7.45.